The van der Waals surface area contributed by atoms with Crippen LogP contribution in [0.2, 0.25) is 0 Å². The van der Waals surface area contributed by atoms with Crippen molar-refractivity contribution < 1.29 is 34.2 Å². The highest BCUT2D eigenvalue weighted by molar-refractivity contribution is 6.24. The van der Waals surface area contributed by atoms with Gasteiger partial charge in [-0.05, 0) is 68.4 Å². The van der Waals surface area contributed by atoms with Gasteiger partial charge in [-0.1, -0.05) is 42.0 Å². The van der Waals surface area contributed by atoms with E-state index in [2.05, 4.69) is 0 Å². The number of hydrogen-bond acceptors (Lipinski definition) is 6. The van der Waals surface area contributed by atoms with E-state index in [-0.39, 0.29) is 42.9 Å². The van der Waals surface area contributed by atoms with Gasteiger partial charge in [-0.15, -0.1) is 0 Å². The molecule has 4 aliphatic rings. The van der Waals surface area contributed by atoms with E-state index in [0.29, 0.717) is 23.2 Å². The number of rotatable bonds is 5. The largest absolute Gasteiger partial charge is 0.507 e. The molecule has 0 spiro atoms. The van der Waals surface area contributed by atoms with Gasteiger partial charge >= 0.3 is 5.97 Å². The number of imide groups is 2. The third kappa shape index (κ3) is 3.78. The number of phenols is 1. The second kappa shape index (κ2) is 9.39. The number of phenolic OH excluding ortho intramolecular Hbond substituents is 1. The van der Waals surface area contributed by atoms with Crippen molar-refractivity contribution in [3.63, 3.8) is 0 Å². The van der Waals surface area contributed by atoms with Crippen molar-refractivity contribution in [2.45, 2.75) is 46.0 Å². The minimum absolute atomic E-state index is 0.158. The Kier molecular flexibility index (Phi) is 6.17. The van der Waals surface area contributed by atoms with Gasteiger partial charge in [0.05, 0.1) is 35.3 Å². The molecule has 0 unspecified atom stereocenters. The van der Waals surface area contributed by atoms with Crippen LogP contribution in [0.1, 0.15) is 48.8 Å². The van der Waals surface area contributed by atoms with Crippen molar-refractivity contribution in [1.82, 2.24) is 4.90 Å². The Bertz CT molecular complexity index is 1520. The Labute approximate surface area is 237 Å². The third-order valence-corrected chi connectivity index (χ3v) is 9.78. The van der Waals surface area contributed by atoms with Crippen LogP contribution in [0.5, 0.6) is 5.75 Å². The highest BCUT2D eigenvalue weighted by atomic mass is 16.4. The van der Waals surface area contributed by atoms with Crippen LogP contribution >= 0.6 is 0 Å². The van der Waals surface area contributed by atoms with Gasteiger partial charge in [0.1, 0.15) is 5.75 Å². The molecule has 6 atom stereocenters. The highest BCUT2D eigenvalue weighted by Crippen LogP contribution is 2.63. The highest BCUT2D eigenvalue weighted by Gasteiger charge is 2.67. The number of nitrogens with zero attached hydrogens (tertiary/aromatic N) is 2. The first-order valence-corrected chi connectivity index (χ1v) is 14.0. The molecule has 2 aromatic carbocycles. The summed E-state index contributed by atoms with van der Waals surface area (Å²) in [6.07, 6.45) is 2.15. The summed E-state index contributed by atoms with van der Waals surface area (Å²) in [7, 11) is 0. The third-order valence-electron chi connectivity index (χ3n) is 9.78. The number of para-hydroxylation sites is 1. The molecule has 0 radical (unpaired) electrons. The minimum atomic E-state index is -1.16. The van der Waals surface area contributed by atoms with E-state index < -0.39 is 46.9 Å². The minimum Gasteiger partial charge on any atom is -0.507 e. The molecule has 41 heavy (non-hydrogen) atoms. The molecule has 212 valence electrons. The van der Waals surface area contributed by atoms with Crippen LogP contribution < -0.4 is 4.90 Å². The Balaban J connectivity index is 1.50. The first-order valence-electron chi connectivity index (χ1n) is 14.0. The number of aromatic hydroxyl groups is 1. The zero-order valence-corrected chi connectivity index (χ0v) is 23.2. The van der Waals surface area contributed by atoms with Crippen LogP contribution in [0, 0.1) is 42.9 Å². The quantitative estimate of drug-likeness (QED) is 0.424. The van der Waals surface area contributed by atoms with Crippen LogP contribution in [0.4, 0.5) is 5.69 Å². The summed E-state index contributed by atoms with van der Waals surface area (Å²) in [6.45, 7) is 5.21. The Morgan fingerprint density at radius 2 is 1.63 bits per heavy atom. The first kappa shape index (κ1) is 26.9. The molecule has 4 amide bonds. The lowest BCUT2D eigenvalue weighted by Gasteiger charge is -2.49. The zero-order chi connectivity index (χ0) is 29.4. The SMILES string of the molecule is Cc1cc([C@H]2C3=CC[C@@H]4C(=O)N(CCC(=O)O)C(=O)[C@@H]4[C@@H]3C[C@H]3C(=O)N(c4ccccc4)C(=O)[C@@]23C)cc(C)c1O. The summed E-state index contributed by atoms with van der Waals surface area (Å²) in [5.74, 6) is -5.50. The molecule has 2 heterocycles. The number of carbonyl (C=O) groups is 5. The normalized spacial score (nSPS) is 30.7. The maximum Gasteiger partial charge on any atom is 0.305 e. The Morgan fingerprint density at radius 1 is 0.976 bits per heavy atom. The number of likely N-dealkylation sites (tertiary alicyclic amines) is 1. The number of carbonyl (C=O) groups excluding carboxylic acids is 4. The smallest absolute Gasteiger partial charge is 0.305 e. The second-order valence-corrected chi connectivity index (χ2v) is 12.0. The van der Waals surface area contributed by atoms with Crippen molar-refractivity contribution in [1.29, 1.82) is 0 Å². The van der Waals surface area contributed by atoms with E-state index in [1.807, 2.05) is 31.2 Å². The molecule has 2 N–H and O–H groups in total. The summed E-state index contributed by atoms with van der Waals surface area (Å²) in [6, 6.07) is 12.5. The molecule has 0 aromatic heterocycles. The maximum atomic E-state index is 14.4. The van der Waals surface area contributed by atoms with Crippen molar-refractivity contribution in [3.8, 4) is 5.75 Å². The average Bonchev–Trinajstić information content (AvgIpc) is 3.30. The molecular formula is C32H32N2O7. The summed E-state index contributed by atoms with van der Waals surface area (Å²) >= 11 is 0. The number of aliphatic carboxylic acids is 1. The summed E-state index contributed by atoms with van der Waals surface area (Å²) in [5.41, 5.74) is 2.23. The summed E-state index contributed by atoms with van der Waals surface area (Å²) < 4.78 is 0. The number of amides is 4. The lowest BCUT2D eigenvalue weighted by atomic mass is 9.51. The lowest BCUT2D eigenvalue weighted by molar-refractivity contribution is -0.142. The van der Waals surface area contributed by atoms with Crippen molar-refractivity contribution in [3.05, 3.63) is 70.8 Å². The lowest BCUT2D eigenvalue weighted by Crippen LogP contribution is -2.49. The van der Waals surface area contributed by atoms with Crippen molar-refractivity contribution in [2.75, 3.05) is 11.4 Å². The van der Waals surface area contributed by atoms with E-state index in [1.165, 1.54) is 4.90 Å². The second-order valence-electron chi connectivity index (χ2n) is 12.0. The predicted molar refractivity (Wildman–Crippen MR) is 148 cm³/mol. The van der Waals surface area contributed by atoms with Crippen LogP contribution in [-0.4, -0.2) is 51.3 Å². The molecule has 2 aliphatic carbocycles. The van der Waals surface area contributed by atoms with Gasteiger partial charge in [-0.25, -0.2) is 4.90 Å². The zero-order valence-electron chi connectivity index (χ0n) is 23.2. The number of carboxylic acids is 1. The predicted octanol–water partition coefficient (Wildman–Crippen LogP) is 3.71. The van der Waals surface area contributed by atoms with E-state index in [4.69, 9.17) is 5.11 Å². The molecule has 2 aromatic rings. The van der Waals surface area contributed by atoms with Gasteiger partial charge < -0.3 is 10.2 Å². The number of anilines is 1. The Morgan fingerprint density at radius 3 is 2.27 bits per heavy atom. The number of aryl methyl sites for hydroxylation is 2. The van der Waals surface area contributed by atoms with Crippen LogP contribution in [-0.2, 0) is 24.0 Å². The maximum absolute atomic E-state index is 14.4. The molecule has 6 rings (SSSR count). The van der Waals surface area contributed by atoms with Crippen LogP contribution in [0.15, 0.2) is 54.1 Å². The van der Waals surface area contributed by atoms with Gasteiger partial charge in [0.2, 0.25) is 23.6 Å². The molecule has 1 saturated carbocycles. The number of fused-ring (bicyclic) bond motifs is 4. The van der Waals surface area contributed by atoms with E-state index in [9.17, 15) is 29.1 Å². The molecular weight excluding hydrogens is 524 g/mol. The molecule has 0 bridgehead atoms. The summed E-state index contributed by atoms with van der Waals surface area (Å²) in [4.78, 5) is 69.0. The Hall–Kier alpha value is -4.27. The number of carboxylic acid groups (broad SMARTS) is 1. The fourth-order valence-corrected chi connectivity index (χ4v) is 7.87. The van der Waals surface area contributed by atoms with Crippen molar-refractivity contribution >= 4 is 35.3 Å². The topological polar surface area (TPSA) is 132 Å². The van der Waals surface area contributed by atoms with E-state index in [1.54, 1.807) is 38.1 Å². The molecule has 2 saturated heterocycles. The van der Waals surface area contributed by atoms with E-state index in [0.717, 1.165) is 16.0 Å². The van der Waals surface area contributed by atoms with Gasteiger partial charge in [-0.3, -0.25) is 28.9 Å². The number of hydrogen-bond donors (Lipinski definition) is 2. The molecule has 9 heteroatoms. The number of allylic oxidation sites excluding steroid dienone is 2. The van der Waals surface area contributed by atoms with Crippen LogP contribution in [0.3, 0.4) is 0 Å². The first-order chi connectivity index (χ1) is 19.5. The molecule has 3 fully saturated rings. The molecule has 9 nitrogen and oxygen atoms in total. The number of benzene rings is 2. The van der Waals surface area contributed by atoms with Gasteiger partial charge in [-0.2, -0.15) is 0 Å². The van der Waals surface area contributed by atoms with E-state index >= 15 is 0 Å². The van der Waals surface area contributed by atoms with Crippen molar-refractivity contribution in [2.24, 2.45) is 29.1 Å². The average molecular weight is 557 g/mol. The fourth-order valence-electron chi connectivity index (χ4n) is 7.87. The van der Waals surface area contributed by atoms with Crippen LogP contribution in [0.25, 0.3) is 0 Å². The standard InChI is InChI=1S/C32H32N2O7/c1-16-13-18(14-17(2)27(16)37)26-20-9-10-21-25(30(40)33(28(21)38)12-11-24(35)36)22(20)15-23-29(39)34(31(41)32(23,26)3)19-7-5-4-6-8-19/h4-9,13-14,21-23,25-26,37H,10-12,15H2,1-3H3,(H,35,36)/t21-,22+,23-,25-,26-,32+/m0/s1. The summed E-state index contributed by atoms with van der Waals surface area (Å²) in [5, 5.41) is 19.7. The van der Waals surface area contributed by atoms with Gasteiger partial charge in [0.15, 0.2) is 0 Å². The molecule has 2 aliphatic heterocycles. The van der Waals surface area contributed by atoms with Gasteiger partial charge in [0, 0.05) is 12.5 Å². The van der Waals surface area contributed by atoms with Gasteiger partial charge in [0.25, 0.3) is 0 Å². The monoisotopic (exact) mass is 556 g/mol. The fraction of sp³-hybridized carbons (Fsp3) is 0.406.